The second kappa shape index (κ2) is 8.69. The molecule has 0 bridgehead atoms. The van der Waals surface area contributed by atoms with Gasteiger partial charge in [-0.25, -0.2) is 0 Å². The van der Waals surface area contributed by atoms with Gasteiger partial charge >= 0.3 is 0 Å². The summed E-state index contributed by atoms with van der Waals surface area (Å²) in [5.74, 6) is 0.286. The number of ether oxygens (including phenoxy) is 1. The molecule has 5 nitrogen and oxygen atoms in total. The summed E-state index contributed by atoms with van der Waals surface area (Å²) in [5.41, 5.74) is 5.61. The highest BCUT2D eigenvalue weighted by atomic mass is 35.5. The van der Waals surface area contributed by atoms with E-state index in [-0.39, 0.29) is 36.1 Å². The van der Waals surface area contributed by atoms with Crippen LogP contribution >= 0.6 is 24.8 Å². The van der Waals surface area contributed by atoms with Gasteiger partial charge in [0.1, 0.15) is 0 Å². The predicted molar refractivity (Wildman–Crippen MR) is 91.8 cm³/mol. The van der Waals surface area contributed by atoms with Gasteiger partial charge < -0.3 is 15.4 Å². The van der Waals surface area contributed by atoms with Crippen molar-refractivity contribution in [3.05, 3.63) is 0 Å². The van der Waals surface area contributed by atoms with Crippen molar-refractivity contribution in [2.45, 2.75) is 38.1 Å². The van der Waals surface area contributed by atoms with Crippen LogP contribution in [-0.4, -0.2) is 67.7 Å². The molecule has 0 saturated carbocycles. The van der Waals surface area contributed by atoms with Gasteiger partial charge in [0.2, 0.25) is 5.91 Å². The van der Waals surface area contributed by atoms with E-state index < -0.39 is 0 Å². The molecule has 3 fully saturated rings. The van der Waals surface area contributed by atoms with Crippen molar-refractivity contribution in [3.8, 4) is 0 Å². The summed E-state index contributed by atoms with van der Waals surface area (Å²) >= 11 is 0. The average Bonchev–Trinajstić information content (AvgIpc) is 2.54. The van der Waals surface area contributed by atoms with Crippen molar-refractivity contribution in [2.24, 2.45) is 11.1 Å². The summed E-state index contributed by atoms with van der Waals surface area (Å²) in [6, 6.07) is 0.580. The first-order valence-corrected chi connectivity index (χ1v) is 8.06. The van der Waals surface area contributed by atoms with E-state index >= 15 is 0 Å². The van der Waals surface area contributed by atoms with E-state index in [1.165, 1.54) is 25.8 Å². The molecule has 0 radical (unpaired) electrons. The molecule has 3 saturated heterocycles. The number of nitrogens with zero attached hydrogens (tertiary/aromatic N) is 2. The van der Waals surface area contributed by atoms with Gasteiger partial charge in [-0.1, -0.05) is 6.42 Å². The zero-order chi connectivity index (χ0) is 14.0. The topological polar surface area (TPSA) is 58.8 Å². The van der Waals surface area contributed by atoms with E-state index in [2.05, 4.69) is 9.80 Å². The van der Waals surface area contributed by atoms with E-state index in [1.54, 1.807) is 0 Å². The maximum atomic E-state index is 13.0. The molecule has 0 aliphatic carbocycles. The number of rotatable bonds is 2. The van der Waals surface area contributed by atoms with Crippen molar-refractivity contribution < 1.29 is 9.53 Å². The Labute approximate surface area is 145 Å². The van der Waals surface area contributed by atoms with Crippen molar-refractivity contribution in [1.82, 2.24) is 9.80 Å². The first-order valence-electron chi connectivity index (χ1n) is 8.06. The number of piperidine rings is 1. The Kier molecular flexibility index (Phi) is 7.89. The predicted octanol–water partition coefficient (Wildman–Crippen LogP) is 1.28. The summed E-state index contributed by atoms with van der Waals surface area (Å²) in [6.07, 6.45) is 5.43. The second-order valence-corrected chi connectivity index (χ2v) is 6.53. The summed E-state index contributed by atoms with van der Waals surface area (Å²) in [5, 5.41) is 0. The van der Waals surface area contributed by atoms with Gasteiger partial charge in [-0.05, 0) is 32.2 Å². The molecule has 1 atom stereocenters. The van der Waals surface area contributed by atoms with Crippen LogP contribution in [0.1, 0.15) is 32.1 Å². The van der Waals surface area contributed by atoms with Gasteiger partial charge in [0, 0.05) is 45.4 Å². The molecular weight excluding hydrogens is 325 g/mol. The van der Waals surface area contributed by atoms with Crippen molar-refractivity contribution in [3.63, 3.8) is 0 Å². The number of carbonyl (C=O) groups is 1. The number of hydrogen-bond donors (Lipinski definition) is 1. The van der Waals surface area contributed by atoms with Crippen LogP contribution in [-0.2, 0) is 9.53 Å². The lowest BCUT2D eigenvalue weighted by Gasteiger charge is -2.47. The van der Waals surface area contributed by atoms with Crippen molar-refractivity contribution in [2.75, 3.05) is 45.9 Å². The van der Waals surface area contributed by atoms with Gasteiger partial charge in [-0.2, -0.15) is 0 Å². The van der Waals surface area contributed by atoms with Crippen LogP contribution < -0.4 is 5.73 Å². The smallest absolute Gasteiger partial charge is 0.230 e. The minimum absolute atomic E-state index is 0. The average molecular weight is 354 g/mol. The third-order valence-corrected chi connectivity index (χ3v) is 5.42. The minimum atomic E-state index is -0.352. The van der Waals surface area contributed by atoms with Crippen LogP contribution in [0.4, 0.5) is 0 Å². The van der Waals surface area contributed by atoms with Crippen molar-refractivity contribution in [1.29, 1.82) is 0 Å². The molecule has 0 aromatic heterocycles. The third kappa shape index (κ3) is 3.88. The monoisotopic (exact) mass is 353 g/mol. The number of carbonyl (C=O) groups excluding carboxylic acids is 1. The molecule has 1 unspecified atom stereocenters. The lowest BCUT2D eigenvalue weighted by molar-refractivity contribution is -0.150. The SMILES string of the molecule is Cl.Cl.NCC1(C(=O)N2CCN3CCCCC3C2)CCOCC1. The fourth-order valence-corrected chi connectivity index (χ4v) is 3.94. The summed E-state index contributed by atoms with van der Waals surface area (Å²) in [6.45, 7) is 5.83. The molecule has 3 aliphatic heterocycles. The van der Waals surface area contributed by atoms with Crippen LogP contribution in [0.25, 0.3) is 0 Å². The lowest BCUT2D eigenvalue weighted by atomic mass is 9.78. The van der Waals surface area contributed by atoms with Gasteiger partial charge in [0.25, 0.3) is 0 Å². The van der Waals surface area contributed by atoms with Crippen LogP contribution in [0.15, 0.2) is 0 Å². The highest BCUT2D eigenvalue weighted by Gasteiger charge is 2.43. The van der Waals surface area contributed by atoms with Crippen LogP contribution in [0.5, 0.6) is 0 Å². The molecule has 7 heteroatoms. The maximum absolute atomic E-state index is 13.0. The molecule has 22 heavy (non-hydrogen) atoms. The number of halogens is 2. The number of amides is 1. The molecule has 3 rings (SSSR count). The lowest BCUT2D eigenvalue weighted by Crippen LogP contribution is -2.60. The summed E-state index contributed by atoms with van der Waals surface area (Å²) in [4.78, 5) is 17.6. The van der Waals surface area contributed by atoms with Gasteiger partial charge in [0.15, 0.2) is 0 Å². The quantitative estimate of drug-likeness (QED) is 0.812. The Bertz CT molecular complexity index is 365. The van der Waals surface area contributed by atoms with E-state index in [0.29, 0.717) is 25.8 Å². The van der Waals surface area contributed by atoms with Crippen molar-refractivity contribution >= 4 is 30.7 Å². The fourth-order valence-electron chi connectivity index (χ4n) is 3.94. The zero-order valence-corrected chi connectivity index (χ0v) is 14.8. The van der Waals surface area contributed by atoms with E-state index in [0.717, 1.165) is 32.5 Å². The fraction of sp³-hybridized carbons (Fsp3) is 0.933. The van der Waals surface area contributed by atoms with E-state index in [9.17, 15) is 4.79 Å². The molecular formula is C15H29Cl2N3O2. The number of fused-ring (bicyclic) bond motifs is 1. The first kappa shape index (κ1) is 20.0. The van der Waals surface area contributed by atoms with Crippen LogP contribution in [0.3, 0.4) is 0 Å². The van der Waals surface area contributed by atoms with Gasteiger partial charge in [-0.15, -0.1) is 24.8 Å². The van der Waals surface area contributed by atoms with Gasteiger partial charge in [0.05, 0.1) is 5.41 Å². The number of piperazine rings is 1. The second-order valence-electron chi connectivity index (χ2n) is 6.53. The molecule has 130 valence electrons. The Morgan fingerprint density at radius 3 is 2.55 bits per heavy atom. The molecule has 0 aromatic rings. The summed E-state index contributed by atoms with van der Waals surface area (Å²) < 4.78 is 5.42. The highest BCUT2D eigenvalue weighted by Crippen LogP contribution is 2.33. The molecule has 0 spiro atoms. The van der Waals surface area contributed by atoms with Gasteiger partial charge in [-0.3, -0.25) is 9.69 Å². The minimum Gasteiger partial charge on any atom is -0.381 e. The highest BCUT2D eigenvalue weighted by molar-refractivity contribution is 5.85. The molecule has 0 aromatic carbocycles. The zero-order valence-electron chi connectivity index (χ0n) is 13.2. The normalized spacial score (nSPS) is 28.0. The first-order chi connectivity index (χ1) is 9.75. The molecule has 3 heterocycles. The third-order valence-electron chi connectivity index (χ3n) is 5.42. The Morgan fingerprint density at radius 2 is 1.86 bits per heavy atom. The molecule has 2 N–H and O–H groups in total. The standard InChI is InChI=1S/C15H27N3O2.2ClH/c16-12-15(4-9-20-10-5-15)14(19)18-8-7-17-6-2-1-3-13(17)11-18;;/h13H,1-12,16H2;2*1H. The largest absolute Gasteiger partial charge is 0.381 e. The summed E-state index contributed by atoms with van der Waals surface area (Å²) in [7, 11) is 0. The molecule has 3 aliphatic rings. The maximum Gasteiger partial charge on any atom is 0.230 e. The Morgan fingerprint density at radius 1 is 1.14 bits per heavy atom. The van der Waals surface area contributed by atoms with Crippen LogP contribution in [0.2, 0.25) is 0 Å². The number of hydrogen-bond acceptors (Lipinski definition) is 4. The Balaban J connectivity index is 0.00000121. The van der Waals surface area contributed by atoms with E-state index in [1.807, 2.05) is 0 Å². The molecule has 1 amide bonds. The number of nitrogens with two attached hydrogens (primary N) is 1. The van der Waals surface area contributed by atoms with Crippen LogP contribution in [0, 0.1) is 5.41 Å². The Hall–Kier alpha value is -0.0700. The van der Waals surface area contributed by atoms with E-state index in [4.69, 9.17) is 10.5 Å².